The second kappa shape index (κ2) is 5.37. The molecule has 0 bridgehead atoms. The van der Waals surface area contributed by atoms with E-state index in [1.807, 2.05) is 18.2 Å². The fraction of sp³-hybridized carbons (Fsp3) is 0.500. The third kappa shape index (κ3) is 2.51. The summed E-state index contributed by atoms with van der Waals surface area (Å²) in [5.41, 5.74) is 7.02. The smallest absolute Gasteiger partial charge is 0.0595 e. The topological polar surface area (TPSA) is 29.3 Å². The number of benzene rings is 1. The maximum atomic E-state index is 6.03. The molecule has 0 spiro atoms. The predicted octanol–water partition coefficient (Wildman–Crippen LogP) is 3.09. The standard InChI is InChI=1S/C12H16Cl2N2/c13-10-4-3-9(7-11(10)14)12(8-15)16-5-1-2-6-16/h3-4,7,12H,1-2,5-6,8,15H2. The Balaban J connectivity index is 2.22. The van der Waals surface area contributed by atoms with E-state index in [-0.39, 0.29) is 6.04 Å². The molecule has 1 aliphatic rings. The summed E-state index contributed by atoms with van der Waals surface area (Å²) in [6, 6.07) is 6.07. The summed E-state index contributed by atoms with van der Waals surface area (Å²) in [5, 5.41) is 1.21. The van der Waals surface area contributed by atoms with Crippen LogP contribution in [0, 0.1) is 0 Å². The molecular formula is C12H16Cl2N2. The third-order valence-corrected chi connectivity index (χ3v) is 3.87. The fourth-order valence-corrected chi connectivity index (χ4v) is 2.58. The van der Waals surface area contributed by atoms with E-state index < -0.39 is 0 Å². The molecule has 1 aromatic carbocycles. The average molecular weight is 259 g/mol. The lowest BCUT2D eigenvalue weighted by Crippen LogP contribution is -2.31. The van der Waals surface area contributed by atoms with Gasteiger partial charge < -0.3 is 5.73 Å². The monoisotopic (exact) mass is 258 g/mol. The van der Waals surface area contributed by atoms with Crippen LogP contribution in [0.25, 0.3) is 0 Å². The molecule has 1 heterocycles. The fourth-order valence-electron chi connectivity index (χ4n) is 2.27. The number of likely N-dealkylation sites (tertiary alicyclic amines) is 1. The predicted molar refractivity (Wildman–Crippen MR) is 69.1 cm³/mol. The molecule has 88 valence electrons. The van der Waals surface area contributed by atoms with Crippen molar-refractivity contribution in [2.45, 2.75) is 18.9 Å². The largest absolute Gasteiger partial charge is 0.329 e. The zero-order chi connectivity index (χ0) is 11.5. The number of rotatable bonds is 3. The summed E-state index contributed by atoms with van der Waals surface area (Å²) in [6.45, 7) is 2.88. The minimum Gasteiger partial charge on any atom is -0.329 e. The molecule has 4 heteroatoms. The quantitative estimate of drug-likeness (QED) is 0.903. The second-order valence-electron chi connectivity index (χ2n) is 4.17. The highest BCUT2D eigenvalue weighted by Gasteiger charge is 2.22. The van der Waals surface area contributed by atoms with Gasteiger partial charge in [0.05, 0.1) is 10.0 Å². The summed E-state index contributed by atoms with van der Waals surface area (Å²) in [4.78, 5) is 2.42. The number of halogens is 2. The molecule has 1 unspecified atom stereocenters. The van der Waals surface area contributed by atoms with Crippen LogP contribution in [0.15, 0.2) is 18.2 Å². The summed E-state index contributed by atoms with van der Waals surface area (Å²) in [5.74, 6) is 0. The van der Waals surface area contributed by atoms with Gasteiger partial charge in [-0.25, -0.2) is 0 Å². The van der Waals surface area contributed by atoms with E-state index in [1.54, 1.807) is 0 Å². The zero-order valence-electron chi connectivity index (χ0n) is 9.13. The van der Waals surface area contributed by atoms with Gasteiger partial charge in [0.1, 0.15) is 0 Å². The molecule has 2 rings (SSSR count). The van der Waals surface area contributed by atoms with Crippen molar-refractivity contribution in [1.82, 2.24) is 4.90 Å². The van der Waals surface area contributed by atoms with Crippen LogP contribution in [0.1, 0.15) is 24.4 Å². The van der Waals surface area contributed by atoms with Crippen LogP contribution in [-0.2, 0) is 0 Å². The summed E-state index contributed by atoms with van der Waals surface area (Å²) >= 11 is 11.9. The highest BCUT2D eigenvalue weighted by Crippen LogP contribution is 2.29. The van der Waals surface area contributed by atoms with Crippen LogP contribution in [0.3, 0.4) is 0 Å². The molecule has 1 saturated heterocycles. The van der Waals surface area contributed by atoms with Crippen molar-refractivity contribution in [2.24, 2.45) is 5.73 Å². The van der Waals surface area contributed by atoms with Crippen LogP contribution in [0.2, 0.25) is 10.0 Å². The molecule has 2 N–H and O–H groups in total. The lowest BCUT2D eigenvalue weighted by atomic mass is 10.1. The van der Waals surface area contributed by atoms with E-state index >= 15 is 0 Å². The van der Waals surface area contributed by atoms with Gasteiger partial charge >= 0.3 is 0 Å². The number of nitrogens with zero attached hydrogens (tertiary/aromatic N) is 1. The van der Waals surface area contributed by atoms with Gasteiger partial charge in [0.2, 0.25) is 0 Å². The summed E-state index contributed by atoms with van der Waals surface area (Å²) in [7, 11) is 0. The number of hydrogen-bond acceptors (Lipinski definition) is 2. The lowest BCUT2D eigenvalue weighted by molar-refractivity contribution is 0.251. The Morgan fingerprint density at radius 1 is 1.19 bits per heavy atom. The Morgan fingerprint density at radius 3 is 2.44 bits per heavy atom. The molecule has 1 aromatic rings. The lowest BCUT2D eigenvalue weighted by Gasteiger charge is -2.26. The van der Waals surface area contributed by atoms with Gasteiger partial charge in [-0.3, -0.25) is 4.90 Å². The first-order valence-corrected chi connectivity index (χ1v) is 6.37. The number of hydrogen-bond donors (Lipinski definition) is 1. The Bertz CT molecular complexity index is 362. The van der Waals surface area contributed by atoms with Crippen molar-refractivity contribution < 1.29 is 0 Å². The highest BCUT2D eigenvalue weighted by atomic mass is 35.5. The van der Waals surface area contributed by atoms with Gasteiger partial charge in [0, 0.05) is 12.6 Å². The van der Waals surface area contributed by atoms with E-state index in [0.29, 0.717) is 16.6 Å². The highest BCUT2D eigenvalue weighted by molar-refractivity contribution is 6.42. The SMILES string of the molecule is NCC(c1ccc(Cl)c(Cl)c1)N1CCCC1. The van der Waals surface area contributed by atoms with Crippen molar-refractivity contribution in [2.75, 3.05) is 19.6 Å². The Morgan fingerprint density at radius 2 is 1.88 bits per heavy atom. The van der Waals surface area contributed by atoms with Crippen LogP contribution in [-0.4, -0.2) is 24.5 Å². The average Bonchev–Trinajstić information content (AvgIpc) is 2.78. The molecule has 16 heavy (non-hydrogen) atoms. The van der Waals surface area contributed by atoms with Gasteiger partial charge in [0.25, 0.3) is 0 Å². The molecule has 1 fully saturated rings. The van der Waals surface area contributed by atoms with Gasteiger partial charge in [0.15, 0.2) is 0 Å². The summed E-state index contributed by atoms with van der Waals surface area (Å²) < 4.78 is 0. The van der Waals surface area contributed by atoms with Crippen molar-refractivity contribution in [3.05, 3.63) is 33.8 Å². The number of nitrogens with two attached hydrogens (primary N) is 1. The van der Waals surface area contributed by atoms with Crippen LogP contribution in [0.4, 0.5) is 0 Å². The molecule has 0 aromatic heterocycles. The molecule has 0 amide bonds. The Kier molecular flexibility index (Phi) is 4.09. The molecule has 2 nitrogen and oxygen atoms in total. The van der Waals surface area contributed by atoms with Gasteiger partial charge in [-0.05, 0) is 43.6 Å². The van der Waals surface area contributed by atoms with Gasteiger partial charge in [-0.15, -0.1) is 0 Å². The first-order valence-electron chi connectivity index (χ1n) is 5.61. The van der Waals surface area contributed by atoms with E-state index in [4.69, 9.17) is 28.9 Å². The van der Waals surface area contributed by atoms with Crippen LogP contribution < -0.4 is 5.73 Å². The molecule has 1 aliphatic heterocycles. The van der Waals surface area contributed by atoms with Crippen molar-refractivity contribution >= 4 is 23.2 Å². The van der Waals surface area contributed by atoms with Crippen molar-refractivity contribution in [3.8, 4) is 0 Å². The molecule has 0 aliphatic carbocycles. The van der Waals surface area contributed by atoms with E-state index in [0.717, 1.165) is 13.1 Å². The molecule has 0 radical (unpaired) electrons. The minimum absolute atomic E-state index is 0.275. The van der Waals surface area contributed by atoms with Crippen molar-refractivity contribution in [3.63, 3.8) is 0 Å². The normalized spacial score (nSPS) is 18.9. The summed E-state index contributed by atoms with van der Waals surface area (Å²) in [6.07, 6.45) is 2.52. The van der Waals surface area contributed by atoms with Gasteiger partial charge in [-0.1, -0.05) is 29.3 Å². The third-order valence-electron chi connectivity index (χ3n) is 3.13. The maximum absolute atomic E-state index is 6.03. The van der Waals surface area contributed by atoms with Gasteiger partial charge in [-0.2, -0.15) is 0 Å². The van der Waals surface area contributed by atoms with Crippen LogP contribution in [0.5, 0.6) is 0 Å². The molecular weight excluding hydrogens is 243 g/mol. The van der Waals surface area contributed by atoms with E-state index in [1.165, 1.54) is 18.4 Å². The van der Waals surface area contributed by atoms with Crippen molar-refractivity contribution in [1.29, 1.82) is 0 Å². The maximum Gasteiger partial charge on any atom is 0.0595 e. The Hall–Kier alpha value is -0.280. The molecule has 0 saturated carbocycles. The van der Waals surface area contributed by atoms with E-state index in [2.05, 4.69) is 4.90 Å². The van der Waals surface area contributed by atoms with E-state index in [9.17, 15) is 0 Å². The molecule has 1 atom stereocenters. The minimum atomic E-state index is 0.275. The second-order valence-corrected chi connectivity index (χ2v) is 4.98. The zero-order valence-corrected chi connectivity index (χ0v) is 10.6. The Labute approximate surface area is 106 Å². The first-order chi connectivity index (χ1) is 7.72. The first kappa shape index (κ1) is 12.2. The van der Waals surface area contributed by atoms with Crippen LogP contribution >= 0.6 is 23.2 Å².